The van der Waals surface area contributed by atoms with Crippen molar-refractivity contribution in [3.05, 3.63) is 65.7 Å². The molecule has 0 bridgehead atoms. The van der Waals surface area contributed by atoms with Crippen LogP contribution < -0.4 is 4.74 Å². The molecule has 0 radical (unpaired) electrons. The van der Waals surface area contributed by atoms with Crippen molar-refractivity contribution in [3.8, 4) is 5.75 Å². The quantitative estimate of drug-likeness (QED) is 0.644. The number of carbonyl (C=O) groups excluding carboxylic acids is 1. The van der Waals surface area contributed by atoms with Gasteiger partial charge in [0, 0.05) is 5.92 Å². The highest BCUT2D eigenvalue weighted by atomic mass is 16.5. The molecule has 0 amide bonds. The highest BCUT2D eigenvalue weighted by molar-refractivity contribution is 5.74. The molecule has 0 N–H and O–H groups in total. The molecule has 2 atom stereocenters. The summed E-state index contributed by atoms with van der Waals surface area (Å²) in [6.45, 7) is 6.40. The van der Waals surface area contributed by atoms with E-state index in [9.17, 15) is 4.79 Å². The number of esters is 1. The van der Waals surface area contributed by atoms with Gasteiger partial charge in [-0.2, -0.15) is 0 Å². The fourth-order valence-corrected chi connectivity index (χ4v) is 3.41. The minimum absolute atomic E-state index is 0.00222. The van der Waals surface area contributed by atoms with E-state index in [4.69, 9.17) is 9.47 Å². The Morgan fingerprint density at radius 1 is 1.00 bits per heavy atom. The summed E-state index contributed by atoms with van der Waals surface area (Å²) < 4.78 is 11.0. The highest BCUT2D eigenvalue weighted by Crippen LogP contribution is 2.38. The summed E-state index contributed by atoms with van der Waals surface area (Å²) in [5, 5.41) is 0. The summed E-state index contributed by atoms with van der Waals surface area (Å²) in [5.74, 6) is 0.620. The fourth-order valence-electron chi connectivity index (χ4n) is 3.41. The van der Waals surface area contributed by atoms with Crippen LogP contribution in [-0.2, 0) is 16.0 Å². The van der Waals surface area contributed by atoms with Crippen LogP contribution in [0.3, 0.4) is 0 Å². The normalized spacial score (nSPS) is 13.3. The largest absolute Gasteiger partial charge is 0.496 e. The van der Waals surface area contributed by atoms with Gasteiger partial charge in [0.15, 0.2) is 0 Å². The molecule has 3 heteroatoms. The monoisotopic (exact) mass is 340 g/mol. The minimum Gasteiger partial charge on any atom is -0.496 e. The number of para-hydroxylation sites is 1. The van der Waals surface area contributed by atoms with Crippen LogP contribution >= 0.6 is 0 Å². The van der Waals surface area contributed by atoms with Crippen molar-refractivity contribution in [2.24, 2.45) is 11.8 Å². The molecule has 0 aliphatic heterocycles. The zero-order valence-electron chi connectivity index (χ0n) is 15.6. The standard InChI is InChI=1S/C22H28O3/c1-5-25-22(23)21(16(2)3)19(15-17-11-7-6-8-12-17)18-13-9-10-14-20(18)24-4/h6-14,16,19,21H,5,15H2,1-4H3. The van der Waals surface area contributed by atoms with E-state index in [1.165, 1.54) is 5.56 Å². The Bertz CT molecular complexity index is 664. The van der Waals surface area contributed by atoms with Gasteiger partial charge >= 0.3 is 5.97 Å². The Morgan fingerprint density at radius 2 is 1.64 bits per heavy atom. The molecule has 0 aliphatic rings. The first-order valence-corrected chi connectivity index (χ1v) is 8.91. The zero-order chi connectivity index (χ0) is 18.2. The Hall–Kier alpha value is -2.29. The van der Waals surface area contributed by atoms with Crippen LogP contribution in [0.25, 0.3) is 0 Å². The first-order valence-electron chi connectivity index (χ1n) is 8.91. The molecule has 2 aromatic carbocycles. The Labute approximate surface area is 151 Å². The lowest BCUT2D eigenvalue weighted by molar-refractivity contribution is -0.150. The van der Waals surface area contributed by atoms with Gasteiger partial charge in [-0.05, 0) is 36.5 Å². The molecule has 0 spiro atoms. The van der Waals surface area contributed by atoms with Crippen molar-refractivity contribution in [2.45, 2.75) is 33.1 Å². The number of hydrogen-bond acceptors (Lipinski definition) is 3. The predicted octanol–water partition coefficient (Wildman–Crippen LogP) is 4.86. The smallest absolute Gasteiger partial charge is 0.309 e. The van der Waals surface area contributed by atoms with Gasteiger partial charge in [0.05, 0.1) is 19.6 Å². The number of carbonyl (C=O) groups is 1. The van der Waals surface area contributed by atoms with E-state index in [0.717, 1.165) is 17.7 Å². The SMILES string of the molecule is CCOC(=O)C(C(C)C)C(Cc1ccccc1)c1ccccc1OC. The summed E-state index contributed by atoms with van der Waals surface area (Å²) in [6.07, 6.45) is 0.767. The van der Waals surface area contributed by atoms with E-state index in [-0.39, 0.29) is 23.7 Å². The van der Waals surface area contributed by atoms with Crippen molar-refractivity contribution in [3.63, 3.8) is 0 Å². The topological polar surface area (TPSA) is 35.5 Å². The van der Waals surface area contributed by atoms with E-state index >= 15 is 0 Å². The molecule has 0 fully saturated rings. The van der Waals surface area contributed by atoms with Crippen molar-refractivity contribution in [1.29, 1.82) is 0 Å². The number of benzene rings is 2. The molecule has 0 saturated heterocycles. The molecular formula is C22H28O3. The van der Waals surface area contributed by atoms with E-state index in [1.54, 1.807) is 7.11 Å². The number of rotatable bonds is 8. The van der Waals surface area contributed by atoms with Gasteiger partial charge in [0.2, 0.25) is 0 Å². The Kier molecular flexibility index (Phi) is 7.05. The minimum atomic E-state index is -0.226. The number of hydrogen-bond donors (Lipinski definition) is 0. The third-order valence-corrected chi connectivity index (χ3v) is 4.55. The van der Waals surface area contributed by atoms with Crippen LogP contribution in [-0.4, -0.2) is 19.7 Å². The summed E-state index contributed by atoms with van der Waals surface area (Å²) in [7, 11) is 1.67. The molecule has 0 aromatic heterocycles. The van der Waals surface area contributed by atoms with Gasteiger partial charge in [0.25, 0.3) is 0 Å². The highest BCUT2D eigenvalue weighted by Gasteiger charge is 2.35. The average Bonchev–Trinajstić information content (AvgIpc) is 2.62. The summed E-state index contributed by atoms with van der Waals surface area (Å²) in [4.78, 5) is 12.7. The van der Waals surface area contributed by atoms with Crippen LogP contribution in [0.1, 0.15) is 37.8 Å². The van der Waals surface area contributed by atoms with Gasteiger partial charge in [0.1, 0.15) is 5.75 Å². The maximum absolute atomic E-state index is 12.7. The fraction of sp³-hybridized carbons (Fsp3) is 0.409. The second-order valence-corrected chi connectivity index (χ2v) is 6.56. The first-order chi connectivity index (χ1) is 12.1. The van der Waals surface area contributed by atoms with Crippen molar-refractivity contribution < 1.29 is 14.3 Å². The maximum atomic E-state index is 12.7. The first kappa shape index (κ1) is 19.0. The van der Waals surface area contributed by atoms with E-state index in [2.05, 4.69) is 32.0 Å². The third-order valence-electron chi connectivity index (χ3n) is 4.55. The summed E-state index contributed by atoms with van der Waals surface area (Å²) >= 11 is 0. The Morgan fingerprint density at radius 3 is 2.24 bits per heavy atom. The van der Waals surface area contributed by atoms with Crippen molar-refractivity contribution in [1.82, 2.24) is 0 Å². The van der Waals surface area contributed by atoms with Gasteiger partial charge in [-0.25, -0.2) is 0 Å². The zero-order valence-corrected chi connectivity index (χ0v) is 15.6. The molecule has 2 unspecified atom stereocenters. The molecular weight excluding hydrogens is 312 g/mol. The van der Waals surface area contributed by atoms with Gasteiger partial charge in [-0.1, -0.05) is 62.4 Å². The van der Waals surface area contributed by atoms with Crippen LogP contribution in [0.15, 0.2) is 54.6 Å². The van der Waals surface area contributed by atoms with Gasteiger partial charge < -0.3 is 9.47 Å². The van der Waals surface area contributed by atoms with Crippen molar-refractivity contribution in [2.75, 3.05) is 13.7 Å². The molecule has 2 aromatic rings. The van der Waals surface area contributed by atoms with E-state index in [1.807, 2.05) is 43.3 Å². The molecule has 3 nitrogen and oxygen atoms in total. The van der Waals surface area contributed by atoms with Crippen LogP contribution in [0, 0.1) is 11.8 Å². The predicted molar refractivity (Wildman–Crippen MR) is 101 cm³/mol. The molecule has 25 heavy (non-hydrogen) atoms. The molecule has 0 saturated carbocycles. The second kappa shape index (κ2) is 9.26. The lowest BCUT2D eigenvalue weighted by atomic mass is 9.75. The summed E-state index contributed by atoms with van der Waals surface area (Å²) in [5.41, 5.74) is 2.26. The third kappa shape index (κ3) is 4.85. The van der Waals surface area contributed by atoms with Crippen LogP contribution in [0.5, 0.6) is 5.75 Å². The molecule has 0 heterocycles. The lowest BCUT2D eigenvalue weighted by Crippen LogP contribution is -2.30. The average molecular weight is 340 g/mol. The Balaban J connectivity index is 2.48. The molecule has 134 valence electrons. The van der Waals surface area contributed by atoms with Crippen LogP contribution in [0.4, 0.5) is 0 Å². The number of methoxy groups -OCH3 is 1. The van der Waals surface area contributed by atoms with Gasteiger partial charge in [-0.15, -0.1) is 0 Å². The van der Waals surface area contributed by atoms with Crippen molar-refractivity contribution >= 4 is 5.97 Å². The lowest BCUT2D eigenvalue weighted by Gasteiger charge is -2.30. The molecule has 0 aliphatic carbocycles. The number of ether oxygens (including phenoxy) is 2. The maximum Gasteiger partial charge on any atom is 0.309 e. The van der Waals surface area contributed by atoms with E-state index in [0.29, 0.717) is 6.61 Å². The van der Waals surface area contributed by atoms with Gasteiger partial charge in [-0.3, -0.25) is 4.79 Å². The second-order valence-electron chi connectivity index (χ2n) is 6.56. The summed E-state index contributed by atoms with van der Waals surface area (Å²) in [6, 6.07) is 18.2. The van der Waals surface area contributed by atoms with E-state index < -0.39 is 0 Å². The van der Waals surface area contributed by atoms with Crippen LogP contribution in [0.2, 0.25) is 0 Å². The molecule has 2 rings (SSSR count).